The van der Waals surface area contributed by atoms with Crippen molar-refractivity contribution in [3.63, 3.8) is 0 Å². The van der Waals surface area contributed by atoms with Crippen LogP contribution in [0.5, 0.6) is 5.75 Å². The first kappa shape index (κ1) is 16.6. The monoisotopic (exact) mass is 309 g/mol. The molecular weight excluding hydrogens is 282 g/mol. The van der Waals surface area contributed by atoms with Crippen molar-refractivity contribution >= 4 is 11.6 Å². The van der Waals surface area contributed by atoms with E-state index in [1.807, 2.05) is 13.0 Å². The van der Waals surface area contributed by atoms with Crippen LogP contribution in [-0.2, 0) is 0 Å². The van der Waals surface area contributed by atoms with Gasteiger partial charge in [0.05, 0.1) is 12.0 Å². The predicted octanol–water partition coefficient (Wildman–Crippen LogP) is 4.94. The Hall–Kier alpha value is -0.730. The number of likely N-dealkylation sites (tertiary alicyclic amines) is 1. The zero-order chi connectivity index (χ0) is 15.4. The molecule has 3 atom stereocenters. The van der Waals surface area contributed by atoms with E-state index in [4.69, 9.17) is 16.3 Å². The Kier molecular flexibility index (Phi) is 5.95. The van der Waals surface area contributed by atoms with Crippen molar-refractivity contribution in [2.24, 2.45) is 0 Å². The van der Waals surface area contributed by atoms with Crippen LogP contribution in [0.2, 0.25) is 0 Å². The van der Waals surface area contributed by atoms with Crippen LogP contribution in [0.15, 0.2) is 18.2 Å². The van der Waals surface area contributed by atoms with Crippen LogP contribution in [0.3, 0.4) is 0 Å². The topological polar surface area (TPSA) is 12.5 Å². The van der Waals surface area contributed by atoms with Crippen molar-refractivity contribution in [2.75, 3.05) is 13.2 Å². The molecule has 0 saturated carbocycles. The molecule has 3 unspecified atom stereocenters. The Bertz CT molecular complexity index is 453. The highest BCUT2D eigenvalue weighted by Gasteiger charge is 2.27. The third-order valence-corrected chi connectivity index (χ3v) is 4.92. The maximum absolute atomic E-state index is 6.76. The van der Waals surface area contributed by atoms with Crippen molar-refractivity contribution < 1.29 is 4.74 Å². The molecule has 118 valence electrons. The number of hydrogen-bond acceptors (Lipinski definition) is 2. The summed E-state index contributed by atoms with van der Waals surface area (Å²) >= 11 is 6.76. The van der Waals surface area contributed by atoms with Crippen LogP contribution in [-0.4, -0.2) is 30.1 Å². The van der Waals surface area contributed by atoms with Gasteiger partial charge in [-0.05, 0) is 46.6 Å². The van der Waals surface area contributed by atoms with Gasteiger partial charge in [0.1, 0.15) is 5.75 Å². The molecule has 0 N–H and O–H groups in total. The zero-order valence-corrected chi connectivity index (χ0v) is 14.5. The van der Waals surface area contributed by atoms with Crippen LogP contribution >= 0.6 is 11.6 Å². The number of piperidine rings is 1. The Morgan fingerprint density at radius 1 is 1.29 bits per heavy atom. The molecule has 1 aromatic rings. The van der Waals surface area contributed by atoms with E-state index in [0.29, 0.717) is 18.7 Å². The SMILES string of the molecule is CCOc1ccc(C)cc1C(Cl)CN1C(C)CCCC1C. The fourth-order valence-electron chi connectivity index (χ4n) is 3.32. The molecule has 1 aliphatic heterocycles. The van der Waals surface area contributed by atoms with Gasteiger partial charge in [-0.25, -0.2) is 0 Å². The quantitative estimate of drug-likeness (QED) is 0.715. The minimum Gasteiger partial charge on any atom is -0.494 e. The Morgan fingerprint density at radius 3 is 2.57 bits per heavy atom. The molecule has 0 radical (unpaired) electrons. The molecule has 2 rings (SSSR count). The normalized spacial score (nSPS) is 24.8. The number of aryl methyl sites for hydroxylation is 1. The number of halogens is 1. The second kappa shape index (κ2) is 7.51. The lowest BCUT2D eigenvalue weighted by molar-refractivity contribution is 0.103. The van der Waals surface area contributed by atoms with E-state index in [1.54, 1.807) is 0 Å². The number of benzene rings is 1. The minimum atomic E-state index is -0.0190. The van der Waals surface area contributed by atoms with Gasteiger partial charge >= 0.3 is 0 Å². The van der Waals surface area contributed by atoms with Crippen molar-refractivity contribution in [3.05, 3.63) is 29.3 Å². The zero-order valence-electron chi connectivity index (χ0n) is 13.7. The molecule has 1 heterocycles. The number of nitrogens with zero attached hydrogens (tertiary/aromatic N) is 1. The molecule has 21 heavy (non-hydrogen) atoms. The lowest BCUT2D eigenvalue weighted by Crippen LogP contribution is -2.45. The van der Waals surface area contributed by atoms with Gasteiger partial charge in [0.15, 0.2) is 0 Å². The second-order valence-electron chi connectivity index (χ2n) is 6.27. The number of alkyl halides is 1. The molecule has 0 spiro atoms. The molecule has 1 fully saturated rings. The Balaban J connectivity index is 2.15. The van der Waals surface area contributed by atoms with Gasteiger partial charge in [-0.2, -0.15) is 0 Å². The lowest BCUT2D eigenvalue weighted by Gasteiger charge is -2.40. The molecule has 1 aromatic carbocycles. The van der Waals surface area contributed by atoms with E-state index in [1.165, 1.54) is 24.8 Å². The number of hydrogen-bond donors (Lipinski definition) is 0. The average molecular weight is 310 g/mol. The van der Waals surface area contributed by atoms with Gasteiger partial charge in [0, 0.05) is 24.2 Å². The lowest BCUT2D eigenvalue weighted by atomic mass is 9.96. The van der Waals surface area contributed by atoms with Crippen LogP contribution < -0.4 is 4.74 Å². The molecule has 1 saturated heterocycles. The van der Waals surface area contributed by atoms with Gasteiger partial charge in [-0.1, -0.05) is 24.1 Å². The summed E-state index contributed by atoms with van der Waals surface area (Å²) in [4.78, 5) is 2.55. The molecule has 2 nitrogen and oxygen atoms in total. The Labute approximate surface area is 134 Å². The summed E-state index contributed by atoms with van der Waals surface area (Å²) in [5.41, 5.74) is 2.36. The van der Waals surface area contributed by atoms with Crippen LogP contribution in [0, 0.1) is 6.92 Å². The molecule has 1 aliphatic rings. The van der Waals surface area contributed by atoms with E-state index in [2.05, 4.69) is 37.8 Å². The third-order valence-electron chi connectivity index (χ3n) is 4.55. The second-order valence-corrected chi connectivity index (χ2v) is 6.79. The van der Waals surface area contributed by atoms with E-state index < -0.39 is 0 Å². The van der Waals surface area contributed by atoms with Crippen molar-refractivity contribution in [1.82, 2.24) is 4.90 Å². The minimum absolute atomic E-state index is 0.0190. The molecule has 0 aliphatic carbocycles. The van der Waals surface area contributed by atoms with Gasteiger partial charge in [-0.15, -0.1) is 11.6 Å². The Morgan fingerprint density at radius 2 is 1.95 bits per heavy atom. The number of rotatable bonds is 5. The molecule has 0 aromatic heterocycles. The highest BCUT2D eigenvalue weighted by Crippen LogP contribution is 2.34. The summed E-state index contributed by atoms with van der Waals surface area (Å²) in [6, 6.07) is 7.55. The average Bonchev–Trinajstić information content (AvgIpc) is 2.45. The standard InChI is InChI=1S/C18H28ClNO/c1-5-21-18-10-9-13(2)11-16(18)17(19)12-20-14(3)7-6-8-15(20)4/h9-11,14-15,17H,5-8,12H2,1-4H3. The van der Waals surface area contributed by atoms with Crippen molar-refractivity contribution in [3.8, 4) is 5.75 Å². The summed E-state index contributed by atoms with van der Waals surface area (Å²) in [7, 11) is 0. The summed E-state index contributed by atoms with van der Waals surface area (Å²) in [5, 5.41) is -0.0190. The van der Waals surface area contributed by atoms with E-state index in [0.717, 1.165) is 17.9 Å². The number of ether oxygens (including phenoxy) is 1. The fraction of sp³-hybridized carbons (Fsp3) is 0.667. The van der Waals surface area contributed by atoms with Gasteiger partial charge in [0.25, 0.3) is 0 Å². The first-order valence-corrected chi connectivity index (χ1v) is 8.59. The maximum atomic E-state index is 6.76. The van der Waals surface area contributed by atoms with Gasteiger partial charge in [0.2, 0.25) is 0 Å². The van der Waals surface area contributed by atoms with E-state index >= 15 is 0 Å². The third kappa shape index (κ3) is 4.14. The first-order valence-electron chi connectivity index (χ1n) is 8.16. The van der Waals surface area contributed by atoms with Gasteiger partial charge < -0.3 is 4.74 Å². The molecule has 0 amide bonds. The summed E-state index contributed by atoms with van der Waals surface area (Å²) in [5.74, 6) is 0.931. The summed E-state index contributed by atoms with van der Waals surface area (Å²) in [6.45, 7) is 10.3. The van der Waals surface area contributed by atoms with Crippen LogP contribution in [0.4, 0.5) is 0 Å². The maximum Gasteiger partial charge on any atom is 0.124 e. The van der Waals surface area contributed by atoms with Crippen LogP contribution in [0.1, 0.15) is 56.5 Å². The fourth-order valence-corrected chi connectivity index (χ4v) is 3.65. The van der Waals surface area contributed by atoms with E-state index in [9.17, 15) is 0 Å². The highest BCUT2D eigenvalue weighted by molar-refractivity contribution is 6.21. The van der Waals surface area contributed by atoms with Crippen molar-refractivity contribution in [2.45, 2.75) is 64.4 Å². The summed E-state index contributed by atoms with van der Waals surface area (Å²) < 4.78 is 5.75. The molecular formula is C18H28ClNO. The van der Waals surface area contributed by atoms with Crippen LogP contribution in [0.25, 0.3) is 0 Å². The smallest absolute Gasteiger partial charge is 0.124 e. The highest BCUT2D eigenvalue weighted by atomic mass is 35.5. The summed E-state index contributed by atoms with van der Waals surface area (Å²) in [6.07, 6.45) is 3.89. The first-order chi connectivity index (χ1) is 10.0. The van der Waals surface area contributed by atoms with E-state index in [-0.39, 0.29) is 5.38 Å². The predicted molar refractivity (Wildman–Crippen MR) is 90.4 cm³/mol. The molecule has 0 bridgehead atoms. The largest absolute Gasteiger partial charge is 0.494 e. The molecule has 3 heteroatoms. The van der Waals surface area contributed by atoms with Crippen molar-refractivity contribution in [1.29, 1.82) is 0 Å². The van der Waals surface area contributed by atoms with Gasteiger partial charge in [-0.3, -0.25) is 4.90 Å².